The smallest absolute Gasteiger partial charge is 0.139 e. The third-order valence-electron chi connectivity index (χ3n) is 5.79. The average molecular weight is 264 g/mol. The topological polar surface area (TPSA) is 17.1 Å². The van der Waals surface area contributed by atoms with Gasteiger partial charge in [-0.15, -0.1) is 0 Å². The van der Waals surface area contributed by atoms with Gasteiger partial charge in [0.25, 0.3) is 0 Å². The zero-order valence-electron chi connectivity index (χ0n) is 12.0. The van der Waals surface area contributed by atoms with E-state index in [4.69, 9.17) is 0 Å². The lowest BCUT2D eigenvalue weighted by atomic mass is 9.63. The Balaban J connectivity index is 1.95. The molecule has 0 amide bonds. The summed E-state index contributed by atoms with van der Waals surface area (Å²) in [5.74, 6) is 0.983. The van der Waals surface area contributed by atoms with Crippen molar-refractivity contribution in [3.8, 4) is 0 Å². The SMILES string of the molecule is CC[C@]12CCc3c(ccc4ccccc34)[C@@H]1CCC2=O. The number of ketones is 1. The van der Waals surface area contributed by atoms with Crippen LogP contribution in [-0.4, -0.2) is 5.78 Å². The molecule has 0 N–H and O–H groups in total. The second kappa shape index (κ2) is 4.18. The molecular weight excluding hydrogens is 244 g/mol. The minimum absolute atomic E-state index is 0.0462. The number of benzene rings is 2. The van der Waals surface area contributed by atoms with Gasteiger partial charge in [-0.05, 0) is 53.5 Å². The van der Waals surface area contributed by atoms with E-state index < -0.39 is 0 Å². The summed E-state index contributed by atoms with van der Waals surface area (Å²) in [6, 6.07) is 13.2. The molecule has 2 aromatic rings. The number of carbonyl (C=O) groups excluding carboxylic acids is 1. The maximum absolute atomic E-state index is 12.4. The highest BCUT2D eigenvalue weighted by molar-refractivity contribution is 5.92. The summed E-state index contributed by atoms with van der Waals surface area (Å²) < 4.78 is 0. The van der Waals surface area contributed by atoms with Crippen molar-refractivity contribution in [1.29, 1.82) is 0 Å². The first kappa shape index (κ1) is 12.1. The molecule has 0 aliphatic heterocycles. The van der Waals surface area contributed by atoms with Gasteiger partial charge in [-0.3, -0.25) is 4.79 Å². The van der Waals surface area contributed by atoms with Crippen LogP contribution in [0.1, 0.15) is 49.7 Å². The highest BCUT2D eigenvalue weighted by Crippen LogP contribution is 2.56. The normalized spacial score (nSPS) is 28.4. The molecule has 0 spiro atoms. The molecule has 2 aliphatic carbocycles. The van der Waals surface area contributed by atoms with Crippen LogP contribution in [0.25, 0.3) is 10.8 Å². The third kappa shape index (κ3) is 1.41. The van der Waals surface area contributed by atoms with Crippen LogP contribution in [-0.2, 0) is 11.2 Å². The van der Waals surface area contributed by atoms with Gasteiger partial charge in [-0.25, -0.2) is 0 Å². The van der Waals surface area contributed by atoms with Crippen molar-refractivity contribution in [3.63, 3.8) is 0 Å². The molecule has 4 rings (SSSR count). The fourth-order valence-corrected chi connectivity index (χ4v) is 4.69. The quantitative estimate of drug-likeness (QED) is 0.734. The van der Waals surface area contributed by atoms with Gasteiger partial charge in [0.2, 0.25) is 0 Å². The monoisotopic (exact) mass is 264 g/mol. The lowest BCUT2D eigenvalue weighted by Gasteiger charge is -2.39. The summed E-state index contributed by atoms with van der Waals surface area (Å²) >= 11 is 0. The molecule has 0 saturated heterocycles. The lowest BCUT2D eigenvalue weighted by molar-refractivity contribution is -0.127. The van der Waals surface area contributed by atoms with Crippen molar-refractivity contribution >= 4 is 16.6 Å². The Hall–Kier alpha value is -1.63. The van der Waals surface area contributed by atoms with Crippen LogP contribution < -0.4 is 0 Å². The highest BCUT2D eigenvalue weighted by Gasteiger charge is 2.51. The van der Waals surface area contributed by atoms with Gasteiger partial charge in [-0.1, -0.05) is 43.3 Å². The van der Waals surface area contributed by atoms with Crippen molar-refractivity contribution < 1.29 is 4.79 Å². The maximum Gasteiger partial charge on any atom is 0.139 e. The third-order valence-corrected chi connectivity index (χ3v) is 5.79. The van der Waals surface area contributed by atoms with Gasteiger partial charge in [-0.2, -0.15) is 0 Å². The van der Waals surface area contributed by atoms with Gasteiger partial charge < -0.3 is 0 Å². The fraction of sp³-hybridized carbons (Fsp3) is 0.421. The number of aryl methyl sites for hydroxylation is 1. The highest BCUT2D eigenvalue weighted by atomic mass is 16.1. The Kier molecular flexibility index (Phi) is 2.54. The van der Waals surface area contributed by atoms with Gasteiger partial charge in [0.05, 0.1) is 0 Å². The summed E-state index contributed by atoms with van der Waals surface area (Å²) in [6.45, 7) is 2.20. The summed E-state index contributed by atoms with van der Waals surface area (Å²) in [6.07, 6.45) is 4.95. The van der Waals surface area contributed by atoms with E-state index in [0.29, 0.717) is 11.7 Å². The molecule has 1 nitrogen and oxygen atoms in total. The van der Waals surface area contributed by atoms with Crippen molar-refractivity contribution in [2.24, 2.45) is 5.41 Å². The molecule has 2 atom stereocenters. The minimum Gasteiger partial charge on any atom is -0.299 e. The van der Waals surface area contributed by atoms with Crippen LogP contribution in [0.15, 0.2) is 36.4 Å². The summed E-state index contributed by atoms with van der Waals surface area (Å²) in [4.78, 5) is 12.4. The van der Waals surface area contributed by atoms with Crippen molar-refractivity contribution in [3.05, 3.63) is 47.5 Å². The second-order valence-electron chi connectivity index (χ2n) is 6.38. The van der Waals surface area contributed by atoms with E-state index in [2.05, 4.69) is 43.3 Å². The minimum atomic E-state index is -0.0462. The van der Waals surface area contributed by atoms with Crippen LogP contribution in [0, 0.1) is 5.41 Å². The molecule has 0 unspecified atom stereocenters. The molecule has 2 aromatic carbocycles. The number of Topliss-reactive ketones (excluding diaryl/α,β-unsaturated/α-hetero) is 1. The standard InChI is InChI=1S/C19H20O/c1-2-19-12-11-15-14-6-4-3-5-13(14)7-8-16(15)17(19)9-10-18(19)20/h3-8,17H,2,9-12H2,1H3/t17-,19-/m0/s1. The molecular formula is C19H20O. The first-order chi connectivity index (χ1) is 9.76. The summed E-state index contributed by atoms with van der Waals surface area (Å²) in [5, 5.41) is 2.73. The molecule has 0 bridgehead atoms. The predicted octanol–water partition coefficient (Wildman–Crippen LogP) is 4.63. The molecule has 2 aliphatic rings. The molecule has 20 heavy (non-hydrogen) atoms. The molecule has 1 heteroatoms. The van der Waals surface area contributed by atoms with Crippen molar-refractivity contribution in [1.82, 2.24) is 0 Å². The van der Waals surface area contributed by atoms with Crippen molar-refractivity contribution in [2.75, 3.05) is 0 Å². The Morgan fingerprint density at radius 3 is 2.85 bits per heavy atom. The van der Waals surface area contributed by atoms with E-state index in [1.165, 1.54) is 21.9 Å². The van der Waals surface area contributed by atoms with Gasteiger partial charge in [0.1, 0.15) is 5.78 Å². The predicted molar refractivity (Wildman–Crippen MR) is 82.0 cm³/mol. The Bertz CT molecular complexity index is 700. The molecule has 1 saturated carbocycles. The van der Waals surface area contributed by atoms with Crippen LogP contribution in [0.3, 0.4) is 0 Å². The average Bonchev–Trinajstić information content (AvgIpc) is 2.85. The molecule has 0 radical (unpaired) electrons. The number of hydrogen-bond donors (Lipinski definition) is 0. The number of hydrogen-bond acceptors (Lipinski definition) is 1. The van der Waals surface area contributed by atoms with E-state index in [1.54, 1.807) is 0 Å². The number of rotatable bonds is 1. The Morgan fingerprint density at radius 1 is 1.15 bits per heavy atom. The van der Waals surface area contributed by atoms with Crippen LogP contribution in [0.5, 0.6) is 0 Å². The van der Waals surface area contributed by atoms with E-state index in [0.717, 1.165) is 32.1 Å². The molecule has 0 heterocycles. The summed E-state index contributed by atoms with van der Waals surface area (Å²) in [5.41, 5.74) is 2.92. The molecule has 0 aromatic heterocycles. The van der Waals surface area contributed by atoms with E-state index in [1.807, 2.05) is 0 Å². The van der Waals surface area contributed by atoms with Gasteiger partial charge in [0.15, 0.2) is 0 Å². The largest absolute Gasteiger partial charge is 0.299 e. The fourth-order valence-electron chi connectivity index (χ4n) is 4.69. The van der Waals surface area contributed by atoms with Gasteiger partial charge in [0, 0.05) is 11.8 Å². The number of carbonyl (C=O) groups is 1. The van der Waals surface area contributed by atoms with Crippen LogP contribution in [0.2, 0.25) is 0 Å². The maximum atomic E-state index is 12.4. The lowest BCUT2D eigenvalue weighted by Crippen LogP contribution is -2.34. The molecule has 1 fully saturated rings. The Labute approximate surface area is 120 Å². The first-order valence-corrected chi connectivity index (χ1v) is 7.80. The van der Waals surface area contributed by atoms with E-state index in [9.17, 15) is 4.79 Å². The zero-order chi connectivity index (χ0) is 13.7. The zero-order valence-corrected chi connectivity index (χ0v) is 12.0. The van der Waals surface area contributed by atoms with E-state index in [-0.39, 0.29) is 5.41 Å². The van der Waals surface area contributed by atoms with Crippen molar-refractivity contribution in [2.45, 2.75) is 44.9 Å². The number of fused-ring (bicyclic) bond motifs is 5. The van der Waals surface area contributed by atoms with E-state index >= 15 is 0 Å². The second-order valence-corrected chi connectivity index (χ2v) is 6.38. The van der Waals surface area contributed by atoms with Gasteiger partial charge >= 0.3 is 0 Å². The Morgan fingerprint density at radius 2 is 2.00 bits per heavy atom. The van der Waals surface area contributed by atoms with Crippen LogP contribution in [0.4, 0.5) is 0 Å². The molecule has 102 valence electrons. The first-order valence-electron chi connectivity index (χ1n) is 7.80. The summed E-state index contributed by atoms with van der Waals surface area (Å²) in [7, 11) is 0. The van der Waals surface area contributed by atoms with Crippen LogP contribution >= 0.6 is 0 Å².